The summed E-state index contributed by atoms with van der Waals surface area (Å²) in [5.41, 5.74) is 3.18. The van der Waals surface area contributed by atoms with Gasteiger partial charge in [0.1, 0.15) is 42.4 Å². The van der Waals surface area contributed by atoms with Crippen molar-refractivity contribution in [2.45, 2.75) is 43.5 Å². The highest BCUT2D eigenvalue weighted by atomic mass is 16.6. The topological polar surface area (TPSA) is 135 Å². The van der Waals surface area contributed by atoms with Crippen LogP contribution in [0.2, 0.25) is 0 Å². The first-order valence-corrected chi connectivity index (χ1v) is 9.10. The molecule has 1 saturated heterocycles. The van der Waals surface area contributed by atoms with Gasteiger partial charge in [-0.05, 0) is 41.3 Å². The van der Waals surface area contributed by atoms with Crippen LogP contribution in [0.25, 0.3) is 11.1 Å². The number of aryl methyl sites for hydroxylation is 1. The van der Waals surface area contributed by atoms with Crippen molar-refractivity contribution in [3.8, 4) is 11.1 Å². The van der Waals surface area contributed by atoms with E-state index < -0.39 is 43.2 Å². The van der Waals surface area contributed by atoms with Gasteiger partial charge in [-0.3, -0.25) is 0 Å². The van der Waals surface area contributed by atoms with Crippen LogP contribution < -0.4 is 5.32 Å². The molecule has 1 aliphatic heterocycles. The Morgan fingerprint density at radius 1 is 1.07 bits per heavy atom. The van der Waals surface area contributed by atoms with Gasteiger partial charge in [0.25, 0.3) is 0 Å². The molecule has 2 aromatic rings. The molecule has 0 amide bonds. The second-order valence-electron chi connectivity index (χ2n) is 6.99. The summed E-state index contributed by atoms with van der Waals surface area (Å²) in [4.78, 5) is 4.19. The molecule has 6 N–H and O–H groups in total. The molecule has 8 heteroatoms. The van der Waals surface area contributed by atoms with E-state index in [1.807, 2.05) is 31.2 Å². The fourth-order valence-electron chi connectivity index (χ4n) is 3.50. The predicted molar refractivity (Wildman–Crippen MR) is 103 cm³/mol. The van der Waals surface area contributed by atoms with E-state index in [2.05, 4.69) is 10.3 Å². The Hall–Kier alpha value is -2.07. The highest BCUT2D eigenvalue weighted by molar-refractivity contribution is 5.67. The van der Waals surface area contributed by atoms with Gasteiger partial charge in [0.2, 0.25) is 0 Å². The van der Waals surface area contributed by atoms with Crippen LogP contribution in [-0.4, -0.2) is 74.7 Å². The average molecular weight is 390 g/mol. The molecule has 1 aromatic heterocycles. The Morgan fingerprint density at radius 2 is 1.79 bits per heavy atom. The molecule has 0 radical (unpaired) electrons. The maximum Gasteiger partial charge on any atom is 0.126 e. The zero-order chi connectivity index (χ0) is 20.4. The summed E-state index contributed by atoms with van der Waals surface area (Å²) >= 11 is 0. The average Bonchev–Trinajstić information content (AvgIpc) is 2.72. The summed E-state index contributed by atoms with van der Waals surface area (Å²) in [6.45, 7) is 1.29. The van der Waals surface area contributed by atoms with Crippen molar-refractivity contribution in [1.82, 2.24) is 4.98 Å². The summed E-state index contributed by atoms with van der Waals surface area (Å²) in [5, 5.41) is 53.2. The Labute approximate surface area is 163 Å². The van der Waals surface area contributed by atoms with Gasteiger partial charge in [0, 0.05) is 13.2 Å². The molecule has 3 rings (SSSR count). The Morgan fingerprint density at radius 3 is 2.43 bits per heavy atom. The van der Waals surface area contributed by atoms with Crippen LogP contribution in [0.1, 0.15) is 17.2 Å². The summed E-state index contributed by atoms with van der Waals surface area (Å²) < 4.78 is 5.47. The number of rotatable bonds is 5. The van der Waals surface area contributed by atoms with Crippen LogP contribution in [0.4, 0.5) is 5.82 Å². The van der Waals surface area contributed by atoms with Crippen LogP contribution in [0.3, 0.4) is 0 Å². The summed E-state index contributed by atoms with van der Waals surface area (Å²) in [7, 11) is 1.79. The highest BCUT2D eigenvalue weighted by Gasteiger charge is 2.46. The van der Waals surface area contributed by atoms with E-state index in [9.17, 15) is 25.5 Å². The number of nitrogens with zero attached hydrogens (tertiary/aromatic N) is 1. The van der Waals surface area contributed by atoms with E-state index in [1.54, 1.807) is 19.3 Å². The molecule has 1 fully saturated rings. The van der Waals surface area contributed by atoms with E-state index in [0.717, 1.165) is 22.5 Å². The summed E-state index contributed by atoms with van der Waals surface area (Å²) in [6.07, 6.45) is -6.27. The van der Waals surface area contributed by atoms with Crippen molar-refractivity contribution in [3.63, 3.8) is 0 Å². The Bertz CT molecular complexity index is 815. The molecule has 0 bridgehead atoms. The van der Waals surface area contributed by atoms with E-state index in [-0.39, 0.29) is 0 Å². The molecular formula is C20H26N2O6. The Balaban J connectivity index is 1.87. The van der Waals surface area contributed by atoms with E-state index >= 15 is 0 Å². The number of hydrogen-bond donors (Lipinski definition) is 6. The van der Waals surface area contributed by atoms with Gasteiger partial charge in [-0.2, -0.15) is 0 Å². The molecular weight excluding hydrogens is 364 g/mol. The molecule has 0 unspecified atom stereocenters. The van der Waals surface area contributed by atoms with Crippen LogP contribution in [-0.2, 0) is 4.74 Å². The predicted octanol–water partition coefficient (Wildman–Crippen LogP) is -0.0255. The van der Waals surface area contributed by atoms with Crippen LogP contribution in [0, 0.1) is 6.92 Å². The second kappa shape index (κ2) is 8.52. The fraction of sp³-hybridized carbons (Fsp3) is 0.450. The smallest absolute Gasteiger partial charge is 0.126 e. The van der Waals surface area contributed by atoms with Crippen molar-refractivity contribution < 1.29 is 30.3 Å². The monoisotopic (exact) mass is 390 g/mol. The number of anilines is 1. The normalized spacial score (nSPS) is 28.8. The second-order valence-corrected chi connectivity index (χ2v) is 6.99. The number of hydrogen-bond acceptors (Lipinski definition) is 8. The molecule has 28 heavy (non-hydrogen) atoms. The zero-order valence-electron chi connectivity index (χ0n) is 15.7. The number of aromatic nitrogens is 1. The number of ether oxygens (including phenoxy) is 1. The molecule has 8 nitrogen and oxygen atoms in total. The van der Waals surface area contributed by atoms with Gasteiger partial charge in [-0.1, -0.05) is 18.2 Å². The van der Waals surface area contributed by atoms with Gasteiger partial charge >= 0.3 is 0 Å². The van der Waals surface area contributed by atoms with Crippen molar-refractivity contribution in [3.05, 3.63) is 47.7 Å². The van der Waals surface area contributed by atoms with Gasteiger partial charge in [0.15, 0.2) is 0 Å². The minimum absolute atomic E-state index is 0.524. The molecule has 2 heterocycles. The third kappa shape index (κ3) is 3.88. The molecule has 1 aromatic carbocycles. The minimum atomic E-state index is -1.53. The summed E-state index contributed by atoms with van der Waals surface area (Å²) in [5.74, 6) is 0.737. The summed E-state index contributed by atoms with van der Waals surface area (Å²) in [6, 6.07) is 9.25. The van der Waals surface area contributed by atoms with Gasteiger partial charge in [-0.15, -0.1) is 0 Å². The Kier molecular flexibility index (Phi) is 6.29. The first kappa shape index (κ1) is 20.7. The molecule has 0 saturated carbocycles. The van der Waals surface area contributed by atoms with Gasteiger partial charge in [0.05, 0.1) is 6.61 Å². The molecule has 6 atom stereocenters. The molecule has 152 valence electrons. The van der Waals surface area contributed by atoms with Crippen molar-refractivity contribution in [2.75, 3.05) is 19.0 Å². The van der Waals surface area contributed by atoms with E-state index in [4.69, 9.17) is 4.74 Å². The minimum Gasteiger partial charge on any atom is -0.394 e. The number of benzene rings is 1. The number of pyridine rings is 1. The van der Waals surface area contributed by atoms with E-state index in [0.29, 0.717) is 5.56 Å². The lowest BCUT2D eigenvalue weighted by atomic mass is 9.88. The lowest BCUT2D eigenvalue weighted by molar-refractivity contribution is -0.250. The van der Waals surface area contributed by atoms with E-state index in [1.165, 1.54) is 0 Å². The third-order valence-corrected chi connectivity index (χ3v) is 5.18. The zero-order valence-corrected chi connectivity index (χ0v) is 15.7. The molecule has 0 aliphatic carbocycles. The van der Waals surface area contributed by atoms with Crippen LogP contribution in [0.15, 0.2) is 36.5 Å². The molecule has 1 aliphatic rings. The van der Waals surface area contributed by atoms with Crippen molar-refractivity contribution >= 4 is 5.82 Å². The fourth-order valence-corrected chi connectivity index (χ4v) is 3.50. The first-order chi connectivity index (χ1) is 13.4. The molecule has 0 spiro atoms. The lowest BCUT2D eigenvalue weighted by Crippen LogP contribution is -2.59. The first-order valence-electron chi connectivity index (χ1n) is 9.10. The van der Waals surface area contributed by atoms with Gasteiger partial charge < -0.3 is 35.6 Å². The quantitative estimate of drug-likeness (QED) is 0.419. The number of aliphatic hydroxyl groups excluding tert-OH is 5. The lowest BCUT2D eigenvalue weighted by Gasteiger charge is -2.42. The third-order valence-electron chi connectivity index (χ3n) is 5.18. The maximum atomic E-state index is 10.8. The largest absolute Gasteiger partial charge is 0.394 e. The maximum absolute atomic E-state index is 10.8. The van der Waals surface area contributed by atoms with Crippen LogP contribution >= 0.6 is 0 Å². The van der Waals surface area contributed by atoms with Crippen LogP contribution in [0.5, 0.6) is 0 Å². The standard InChI is InChI=1S/C20H26N2O6/c1-10-7-11(12-5-6-22-15(8-12)21-2)3-4-13(10)16(24)20-19(27)18(26)17(25)14(9-23)28-20/h3-8,14,16-20,23-27H,9H2,1-2H3,(H,21,22)/t14-,16-,17-,18+,19+,20-/m1/s1. The number of nitrogens with one attached hydrogen (secondary N) is 1. The number of aliphatic hydroxyl groups is 5. The van der Waals surface area contributed by atoms with Crippen molar-refractivity contribution in [2.24, 2.45) is 0 Å². The highest BCUT2D eigenvalue weighted by Crippen LogP contribution is 2.33. The van der Waals surface area contributed by atoms with Gasteiger partial charge in [-0.25, -0.2) is 4.98 Å². The van der Waals surface area contributed by atoms with Crippen molar-refractivity contribution in [1.29, 1.82) is 0 Å². The SMILES string of the molecule is CNc1cc(-c2ccc([C@@H](O)[C@H]3O[C@H](CO)[C@@H](O)[C@H](O)[C@@H]3O)c(C)c2)ccn1.